The molecule has 0 aromatic heterocycles. The van der Waals surface area contributed by atoms with Crippen molar-refractivity contribution in [2.75, 3.05) is 12.3 Å². The van der Waals surface area contributed by atoms with Gasteiger partial charge in [0.05, 0.1) is 0 Å². The van der Waals surface area contributed by atoms with Crippen molar-refractivity contribution in [3.05, 3.63) is 121 Å². The monoisotopic (exact) mass is 745 g/mol. The molecular formula is C34H45Cl2N3OP2Ru. The molecule has 5 rings (SSSR count). The summed E-state index contributed by atoms with van der Waals surface area (Å²) in [6, 6.07) is 45.1. The number of hydrogen-bond donors (Lipinski definition) is 3. The van der Waals surface area contributed by atoms with Crippen molar-refractivity contribution in [1.82, 2.24) is 0 Å². The number of unbranched alkanes of at least 4 members (excludes halogenated alkanes) is 1. The average Bonchev–Trinajstić information content (AvgIpc) is 2.96. The summed E-state index contributed by atoms with van der Waals surface area (Å²) < 4.78 is 0. The molecule has 0 saturated heterocycles. The van der Waals surface area contributed by atoms with Crippen molar-refractivity contribution in [1.29, 1.82) is 0 Å². The van der Waals surface area contributed by atoms with Crippen LogP contribution in [0.15, 0.2) is 121 Å². The maximum Gasteiger partial charge on any atom is 2.00 e. The minimum absolute atomic E-state index is 0. The van der Waals surface area contributed by atoms with Crippen molar-refractivity contribution >= 4 is 37.1 Å². The van der Waals surface area contributed by atoms with Crippen molar-refractivity contribution < 1.29 is 49.8 Å². The first kappa shape index (κ1) is 41.8. The van der Waals surface area contributed by atoms with Crippen LogP contribution in [0.4, 0.5) is 0 Å². The third-order valence-electron chi connectivity index (χ3n) is 7.10. The fraction of sp³-hybridized carbons (Fsp3) is 0.294. The second-order valence-electron chi connectivity index (χ2n) is 10.3. The molecule has 43 heavy (non-hydrogen) atoms. The minimum Gasteiger partial charge on any atom is -1.00 e. The Morgan fingerprint density at radius 1 is 0.442 bits per heavy atom. The number of hydrogen-bond acceptors (Lipinski definition) is 3. The van der Waals surface area contributed by atoms with Crippen LogP contribution < -0.4 is 63.2 Å². The maximum atomic E-state index is 5.66. The van der Waals surface area contributed by atoms with Gasteiger partial charge in [0.1, 0.15) is 0 Å². The molecule has 0 spiro atoms. The van der Waals surface area contributed by atoms with Crippen LogP contribution in [0.5, 0.6) is 0 Å². The average molecular weight is 746 g/mol. The van der Waals surface area contributed by atoms with Crippen molar-refractivity contribution in [3.8, 4) is 0 Å². The molecular weight excluding hydrogens is 700 g/mol. The maximum absolute atomic E-state index is 5.66. The van der Waals surface area contributed by atoms with Crippen molar-refractivity contribution in [2.24, 2.45) is 17.2 Å². The van der Waals surface area contributed by atoms with Crippen LogP contribution >= 0.6 is 15.8 Å². The summed E-state index contributed by atoms with van der Waals surface area (Å²) in [5, 5.41) is 5.97. The first-order valence-electron chi connectivity index (χ1n) is 14.1. The molecule has 0 amide bonds. The van der Waals surface area contributed by atoms with Gasteiger partial charge in [-0.05, 0) is 81.5 Å². The summed E-state index contributed by atoms with van der Waals surface area (Å²) in [6.45, 7) is 0. The summed E-state index contributed by atoms with van der Waals surface area (Å²) >= 11 is 0. The van der Waals surface area contributed by atoms with Crippen LogP contribution in [-0.4, -0.2) is 35.9 Å². The zero-order chi connectivity index (χ0) is 27.3. The van der Waals surface area contributed by atoms with E-state index in [1.54, 1.807) is 0 Å². The second kappa shape index (κ2) is 23.2. The van der Waals surface area contributed by atoms with Crippen LogP contribution in [0.1, 0.15) is 32.1 Å². The van der Waals surface area contributed by atoms with Gasteiger partial charge >= 0.3 is 19.5 Å². The molecule has 0 unspecified atom stereocenters. The summed E-state index contributed by atoms with van der Waals surface area (Å²) in [6.07, 6.45) is 7.88. The minimum atomic E-state index is -0.283. The van der Waals surface area contributed by atoms with Gasteiger partial charge in [-0.3, -0.25) is 0 Å². The number of nitrogens with two attached hydrogens (primary N) is 3. The predicted octanol–water partition coefficient (Wildman–Crippen LogP) is -1.63. The topological polar surface area (TPSA) is 110 Å². The molecule has 0 atom stereocenters. The molecule has 234 valence electrons. The van der Waals surface area contributed by atoms with Gasteiger partial charge in [-0.15, -0.1) is 0 Å². The third-order valence-corrected chi connectivity index (χ3v) is 12.3. The Balaban J connectivity index is 0.00000118. The Morgan fingerprint density at radius 2 is 0.651 bits per heavy atom. The van der Waals surface area contributed by atoms with E-state index in [1.807, 2.05) is 0 Å². The van der Waals surface area contributed by atoms with E-state index in [-0.39, 0.29) is 83.7 Å². The fourth-order valence-electron chi connectivity index (χ4n) is 5.24. The van der Waals surface area contributed by atoms with Gasteiger partial charge in [0.25, 0.3) is 0 Å². The Morgan fingerprint density at radius 3 is 0.860 bits per heavy atom. The summed E-state index contributed by atoms with van der Waals surface area (Å²) in [5.74, 6) is 0. The largest absolute Gasteiger partial charge is 2.00 e. The first-order chi connectivity index (χ1) is 19.1. The van der Waals surface area contributed by atoms with Crippen LogP contribution in [0.3, 0.4) is 0 Å². The molecule has 4 aromatic carbocycles. The van der Waals surface area contributed by atoms with Crippen molar-refractivity contribution in [2.45, 2.75) is 50.2 Å². The predicted molar refractivity (Wildman–Crippen MR) is 179 cm³/mol. The molecule has 1 fully saturated rings. The summed E-state index contributed by atoms with van der Waals surface area (Å²) in [7, 11) is -0.566. The van der Waals surface area contributed by atoms with E-state index in [9.17, 15) is 0 Å². The summed E-state index contributed by atoms with van der Waals surface area (Å²) in [5.41, 5.74) is 17.0. The van der Waals surface area contributed by atoms with E-state index < -0.39 is 0 Å². The van der Waals surface area contributed by atoms with E-state index in [2.05, 4.69) is 121 Å². The zero-order valence-electron chi connectivity index (χ0n) is 24.5. The molecule has 9 heteroatoms. The van der Waals surface area contributed by atoms with Gasteiger partial charge < -0.3 is 47.5 Å². The molecule has 4 nitrogen and oxygen atoms in total. The Hall–Kier alpha value is -1.22. The Kier molecular flexibility index (Phi) is 22.5. The fourth-order valence-corrected chi connectivity index (χ4v) is 10.1. The normalized spacial score (nSPS) is 17.2. The van der Waals surface area contributed by atoms with Crippen LogP contribution in [0.25, 0.3) is 0 Å². The molecule has 0 bridgehead atoms. The number of rotatable bonds is 9. The molecule has 1 aliphatic carbocycles. The summed E-state index contributed by atoms with van der Waals surface area (Å²) in [4.78, 5) is 0. The SMILES string of the molecule is NC1CC(N)CC(N)C1.O.[Cl-].[Cl-].[Ru+2].c1ccc(P(CCCCP(c2ccccc2)c2ccccc2)c2ccccc2)cc1. The van der Waals surface area contributed by atoms with E-state index in [1.165, 1.54) is 46.4 Å². The van der Waals surface area contributed by atoms with Gasteiger partial charge in [-0.25, -0.2) is 0 Å². The van der Waals surface area contributed by atoms with Gasteiger partial charge in [0.15, 0.2) is 0 Å². The van der Waals surface area contributed by atoms with Gasteiger partial charge in [-0.2, -0.15) is 0 Å². The van der Waals surface area contributed by atoms with E-state index in [0.717, 1.165) is 19.3 Å². The molecule has 1 saturated carbocycles. The van der Waals surface area contributed by atoms with Gasteiger partial charge in [0.2, 0.25) is 0 Å². The van der Waals surface area contributed by atoms with Crippen LogP contribution in [-0.2, 0) is 19.5 Å². The molecule has 1 aliphatic rings. The van der Waals surface area contributed by atoms with E-state index in [0.29, 0.717) is 0 Å². The quantitative estimate of drug-likeness (QED) is 0.109. The van der Waals surface area contributed by atoms with Gasteiger partial charge in [-0.1, -0.05) is 121 Å². The molecule has 0 heterocycles. The van der Waals surface area contributed by atoms with Crippen LogP contribution in [0, 0.1) is 0 Å². The molecule has 4 aromatic rings. The molecule has 8 N–H and O–H groups in total. The van der Waals surface area contributed by atoms with Crippen molar-refractivity contribution in [3.63, 3.8) is 0 Å². The smallest absolute Gasteiger partial charge is 1.00 e. The number of benzene rings is 4. The first-order valence-corrected chi connectivity index (χ1v) is 17.2. The molecule has 0 aliphatic heterocycles. The third kappa shape index (κ3) is 14.2. The Labute approximate surface area is 286 Å². The van der Waals surface area contributed by atoms with Crippen LogP contribution in [0.2, 0.25) is 0 Å². The standard InChI is InChI=1S/C28H28P2.C6H15N3.2ClH.H2O.Ru/c1-5-15-25(16-6-1)29(26-17-7-2-8-18-26)23-13-14-24-30(27-19-9-3-10-20-27)28-21-11-4-12-22-28;7-4-1-5(8)3-6(9)2-4;;;;/h1-12,15-22H,13-14,23-24H2;4-6H,1-3,7-9H2;2*1H;1H2;/q;;;;;+2/p-2. The Bertz CT molecular complexity index is 1030. The second-order valence-corrected chi connectivity index (χ2v) is 15.0. The molecule has 0 radical (unpaired) electrons. The van der Waals surface area contributed by atoms with Gasteiger partial charge in [0, 0.05) is 18.1 Å². The van der Waals surface area contributed by atoms with E-state index in [4.69, 9.17) is 17.2 Å². The van der Waals surface area contributed by atoms with E-state index >= 15 is 0 Å². The zero-order valence-corrected chi connectivity index (χ0v) is 29.5. The number of halogens is 2.